The van der Waals surface area contributed by atoms with E-state index in [1.807, 2.05) is 30.3 Å². The third-order valence-electron chi connectivity index (χ3n) is 4.21. The normalized spacial score (nSPS) is 18.3. The SMILES string of the molecule is CN1CCN(C(=O)c2cc3ccccc3[nH]2)C(C)(C)C1=O. The number of aromatic amines is 1. The molecular formula is C16H19N3O2. The summed E-state index contributed by atoms with van der Waals surface area (Å²) in [6.07, 6.45) is 0. The number of likely N-dealkylation sites (N-methyl/N-ethyl adjacent to an activating group) is 1. The molecule has 0 saturated carbocycles. The van der Waals surface area contributed by atoms with Gasteiger partial charge < -0.3 is 14.8 Å². The van der Waals surface area contributed by atoms with E-state index < -0.39 is 5.54 Å². The minimum absolute atomic E-state index is 0.0294. The molecule has 1 N–H and O–H groups in total. The number of fused-ring (bicyclic) bond motifs is 1. The summed E-state index contributed by atoms with van der Waals surface area (Å²) < 4.78 is 0. The van der Waals surface area contributed by atoms with E-state index in [1.165, 1.54) is 0 Å². The molecule has 2 amide bonds. The number of piperazine rings is 1. The highest BCUT2D eigenvalue weighted by atomic mass is 16.2. The van der Waals surface area contributed by atoms with E-state index in [0.29, 0.717) is 18.8 Å². The van der Waals surface area contributed by atoms with Gasteiger partial charge in [0.2, 0.25) is 5.91 Å². The van der Waals surface area contributed by atoms with Crippen molar-refractivity contribution in [3.63, 3.8) is 0 Å². The topological polar surface area (TPSA) is 56.4 Å². The van der Waals surface area contributed by atoms with E-state index in [9.17, 15) is 9.59 Å². The Kier molecular flexibility index (Phi) is 3.01. The highest BCUT2D eigenvalue weighted by Gasteiger charge is 2.43. The summed E-state index contributed by atoms with van der Waals surface area (Å²) in [4.78, 5) is 31.5. The fourth-order valence-corrected chi connectivity index (χ4v) is 2.90. The van der Waals surface area contributed by atoms with Crippen LogP contribution in [0, 0.1) is 0 Å². The van der Waals surface area contributed by atoms with Crippen LogP contribution in [-0.2, 0) is 4.79 Å². The Labute approximate surface area is 123 Å². The van der Waals surface area contributed by atoms with E-state index in [2.05, 4.69) is 4.98 Å². The molecule has 0 radical (unpaired) electrons. The van der Waals surface area contributed by atoms with Crippen LogP contribution in [0.3, 0.4) is 0 Å². The van der Waals surface area contributed by atoms with Gasteiger partial charge in [-0.1, -0.05) is 18.2 Å². The molecule has 0 spiro atoms. The first kappa shape index (κ1) is 13.7. The van der Waals surface area contributed by atoms with Crippen LogP contribution < -0.4 is 0 Å². The maximum Gasteiger partial charge on any atom is 0.271 e. The van der Waals surface area contributed by atoms with Crippen LogP contribution in [0.5, 0.6) is 0 Å². The number of nitrogens with zero attached hydrogens (tertiary/aromatic N) is 2. The van der Waals surface area contributed by atoms with Crippen LogP contribution in [0.25, 0.3) is 10.9 Å². The van der Waals surface area contributed by atoms with Gasteiger partial charge in [-0.2, -0.15) is 0 Å². The molecule has 1 aliphatic heterocycles. The second kappa shape index (κ2) is 4.62. The predicted octanol–water partition coefficient (Wildman–Crippen LogP) is 1.86. The maximum absolute atomic E-state index is 12.8. The molecule has 5 nitrogen and oxygen atoms in total. The summed E-state index contributed by atoms with van der Waals surface area (Å²) >= 11 is 0. The zero-order valence-corrected chi connectivity index (χ0v) is 12.5. The molecule has 0 unspecified atom stereocenters. The van der Waals surface area contributed by atoms with Gasteiger partial charge in [-0.3, -0.25) is 9.59 Å². The van der Waals surface area contributed by atoms with Gasteiger partial charge in [0.1, 0.15) is 11.2 Å². The molecule has 2 aromatic rings. The second-order valence-corrected chi connectivity index (χ2v) is 6.01. The molecule has 0 aliphatic carbocycles. The summed E-state index contributed by atoms with van der Waals surface area (Å²) in [6, 6.07) is 9.61. The number of amides is 2. The highest BCUT2D eigenvalue weighted by molar-refractivity contribution is 6.01. The lowest BCUT2D eigenvalue weighted by atomic mass is 9.97. The Hall–Kier alpha value is -2.30. The fourth-order valence-electron chi connectivity index (χ4n) is 2.90. The molecule has 0 bridgehead atoms. The molecule has 5 heteroatoms. The molecule has 110 valence electrons. The third kappa shape index (κ3) is 2.09. The van der Waals surface area contributed by atoms with Gasteiger partial charge in [-0.15, -0.1) is 0 Å². The molecule has 21 heavy (non-hydrogen) atoms. The van der Waals surface area contributed by atoms with Crippen LogP contribution in [0.15, 0.2) is 30.3 Å². The standard InChI is InChI=1S/C16H19N3O2/c1-16(2)15(21)18(3)8-9-19(16)14(20)13-10-11-6-4-5-7-12(11)17-13/h4-7,10,17H,8-9H2,1-3H3. The number of carbonyl (C=O) groups is 2. The first-order chi connectivity index (χ1) is 9.91. The Morgan fingerprint density at radius 2 is 1.95 bits per heavy atom. The highest BCUT2D eigenvalue weighted by Crippen LogP contribution is 2.25. The summed E-state index contributed by atoms with van der Waals surface area (Å²) in [5.74, 6) is -0.157. The number of nitrogens with one attached hydrogen (secondary N) is 1. The van der Waals surface area contributed by atoms with Crippen LogP contribution >= 0.6 is 0 Å². The van der Waals surface area contributed by atoms with Gasteiger partial charge >= 0.3 is 0 Å². The lowest BCUT2D eigenvalue weighted by Crippen LogP contribution is -2.63. The van der Waals surface area contributed by atoms with Gasteiger partial charge in [-0.05, 0) is 26.0 Å². The minimum Gasteiger partial charge on any atom is -0.351 e. The zero-order chi connectivity index (χ0) is 15.2. The number of para-hydroxylation sites is 1. The Morgan fingerprint density at radius 1 is 1.24 bits per heavy atom. The van der Waals surface area contributed by atoms with Crippen LogP contribution in [0.2, 0.25) is 0 Å². The summed E-state index contributed by atoms with van der Waals surface area (Å²) in [5, 5.41) is 0.999. The number of rotatable bonds is 1. The number of hydrogen-bond acceptors (Lipinski definition) is 2. The number of benzene rings is 1. The van der Waals surface area contributed by atoms with Crippen molar-refractivity contribution in [3.8, 4) is 0 Å². The van der Waals surface area contributed by atoms with E-state index in [-0.39, 0.29) is 11.8 Å². The molecular weight excluding hydrogens is 266 g/mol. The molecule has 1 aromatic carbocycles. The summed E-state index contributed by atoms with van der Waals surface area (Å²) in [5.41, 5.74) is 0.641. The van der Waals surface area contributed by atoms with Crippen molar-refractivity contribution in [2.75, 3.05) is 20.1 Å². The molecule has 1 saturated heterocycles. The van der Waals surface area contributed by atoms with Crippen molar-refractivity contribution in [3.05, 3.63) is 36.0 Å². The van der Waals surface area contributed by atoms with Crippen molar-refractivity contribution >= 4 is 22.7 Å². The first-order valence-corrected chi connectivity index (χ1v) is 7.06. The van der Waals surface area contributed by atoms with Gasteiger partial charge in [0, 0.05) is 31.0 Å². The molecule has 1 aromatic heterocycles. The Balaban J connectivity index is 1.96. The van der Waals surface area contributed by atoms with Crippen molar-refractivity contribution in [1.29, 1.82) is 0 Å². The van der Waals surface area contributed by atoms with Crippen LogP contribution in [0.1, 0.15) is 24.3 Å². The lowest BCUT2D eigenvalue weighted by molar-refractivity contribution is -0.144. The summed E-state index contributed by atoms with van der Waals surface area (Å²) in [7, 11) is 1.77. The van der Waals surface area contributed by atoms with Crippen molar-refractivity contribution in [2.24, 2.45) is 0 Å². The smallest absolute Gasteiger partial charge is 0.271 e. The maximum atomic E-state index is 12.8. The van der Waals surface area contributed by atoms with Gasteiger partial charge in [-0.25, -0.2) is 0 Å². The van der Waals surface area contributed by atoms with E-state index in [0.717, 1.165) is 10.9 Å². The minimum atomic E-state index is -0.818. The molecule has 2 heterocycles. The molecule has 0 atom stereocenters. The van der Waals surface area contributed by atoms with Gasteiger partial charge in [0.05, 0.1) is 0 Å². The van der Waals surface area contributed by atoms with Crippen molar-refractivity contribution in [2.45, 2.75) is 19.4 Å². The van der Waals surface area contributed by atoms with Crippen LogP contribution in [-0.4, -0.2) is 52.3 Å². The average molecular weight is 285 g/mol. The quantitative estimate of drug-likeness (QED) is 0.869. The third-order valence-corrected chi connectivity index (χ3v) is 4.21. The zero-order valence-electron chi connectivity index (χ0n) is 12.5. The van der Waals surface area contributed by atoms with Gasteiger partial charge in [0.15, 0.2) is 0 Å². The van der Waals surface area contributed by atoms with Crippen molar-refractivity contribution in [1.82, 2.24) is 14.8 Å². The monoisotopic (exact) mass is 285 g/mol. The fraction of sp³-hybridized carbons (Fsp3) is 0.375. The van der Waals surface area contributed by atoms with Crippen LogP contribution in [0.4, 0.5) is 0 Å². The van der Waals surface area contributed by atoms with E-state index >= 15 is 0 Å². The average Bonchev–Trinajstić information content (AvgIpc) is 2.88. The Morgan fingerprint density at radius 3 is 2.67 bits per heavy atom. The summed E-state index contributed by atoms with van der Waals surface area (Å²) in [6.45, 7) is 4.70. The predicted molar refractivity (Wildman–Crippen MR) is 81.1 cm³/mol. The molecule has 1 aliphatic rings. The number of aromatic nitrogens is 1. The largest absolute Gasteiger partial charge is 0.351 e. The first-order valence-electron chi connectivity index (χ1n) is 7.06. The van der Waals surface area contributed by atoms with Crippen molar-refractivity contribution < 1.29 is 9.59 Å². The van der Waals surface area contributed by atoms with E-state index in [4.69, 9.17) is 0 Å². The molecule has 3 rings (SSSR count). The lowest BCUT2D eigenvalue weighted by Gasteiger charge is -2.44. The number of H-pyrrole nitrogens is 1. The number of carbonyl (C=O) groups excluding carboxylic acids is 2. The van der Waals surface area contributed by atoms with Gasteiger partial charge in [0.25, 0.3) is 5.91 Å². The number of hydrogen-bond donors (Lipinski definition) is 1. The Bertz CT molecular complexity index is 684. The molecule has 1 fully saturated rings. The van der Waals surface area contributed by atoms with E-state index in [1.54, 1.807) is 30.7 Å². The second-order valence-electron chi connectivity index (χ2n) is 6.01.